The number of hydrogen-bond acceptors (Lipinski definition) is 2. The van der Waals surface area contributed by atoms with Gasteiger partial charge in [0.2, 0.25) is 0 Å². The predicted octanol–water partition coefficient (Wildman–Crippen LogP) is 2.61. The van der Waals surface area contributed by atoms with Gasteiger partial charge in [0.05, 0.1) is 0 Å². The molecule has 1 aromatic rings. The van der Waals surface area contributed by atoms with Gasteiger partial charge in [0.1, 0.15) is 5.75 Å². The molecule has 0 unspecified atom stereocenters. The molecular weight excluding hydrogens is 218 g/mol. The van der Waals surface area contributed by atoms with Crippen molar-refractivity contribution in [2.75, 3.05) is 0 Å². The first-order valence-electron chi connectivity index (χ1n) is 4.75. The Hall–Kier alpha value is -1.65. The fraction of sp³-hybridized carbons (Fsp3) is 0.364. The third kappa shape index (κ3) is 3.84. The van der Waals surface area contributed by atoms with Gasteiger partial charge in [0, 0.05) is 6.42 Å². The van der Waals surface area contributed by atoms with Crippen molar-refractivity contribution in [1.82, 2.24) is 0 Å². The van der Waals surface area contributed by atoms with Crippen LogP contribution in [0.4, 0.5) is 8.78 Å². The minimum absolute atomic E-state index is 0.0521. The van der Waals surface area contributed by atoms with Crippen LogP contribution in [0.5, 0.6) is 5.75 Å². The number of alkyl halides is 2. The van der Waals surface area contributed by atoms with Crippen LogP contribution >= 0.6 is 0 Å². The molecule has 88 valence electrons. The summed E-state index contributed by atoms with van der Waals surface area (Å²) in [7, 11) is 0. The lowest BCUT2D eigenvalue weighted by molar-refractivity contribution is -0.136. The highest BCUT2D eigenvalue weighted by atomic mass is 19.3. The van der Waals surface area contributed by atoms with Gasteiger partial charge in [-0.25, -0.2) is 0 Å². The minimum atomic E-state index is -2.90. The van der Waals surface area contributed by atoms with Gasteiger partial charge in [-0.15, -0.1) is 0 Å². The van der Waals surface area contributed by atoms with Gasteiger partial charge in [-0.2, -0.15) is 8.78 Å². The second kappa shape index (κ2) is 5.44. The molecule has 3 nitrogen and oxygen atoms in total. The largest absolute Gasteiger partial charge is 0.481 e. The van der Waals surface area contributed by atoms with Crippen molar-refractivity contribution in [1.29, 1.82) is 0 Å². The molecule has 0 aliphatic carbocycles. The predicted molar refractivity (Wildman–Crippen MR) is 53.8 cm³/mol. The molecule has 0 aromatic heterocycles. The van der Waals surface area contributed by atoms with Gasteiger partial charge in [0.15, 0.2) is 0 Å². The van der Waals surface area contributed by atoms with E-state index in [0.29, 0.717) is 5.56 Å². The van der Waals surface area contributed by atoms with Gasteiger partial charge < -0.3 is 9.84 Å². The van der Waals surface area contributed by atoms with Crippen molar-refractivity contribution in [3.05, 3.63) is 29.3 Å². The Morgan fingerprint density at radius 2 is 2.19 bits per heavy atom. The van der Waals surface area contributed by atoms with Crippen LogP contribution in [0.3, 0.4) is 0 Å². The van der Waals surface area contributed by atoms with Crippen LogP contribution in [-0.2, 0) is 11.2 Å². The molecule has 0 amide bonds. The van der Waals surface area contributed by atoms with Gasteiger partial charge >= 0.3 is 12.6 Å². The van der Waals surface area contributed by atoms with E-state index in [4.69, 9.17) is 5.11 Å². The van der Waals surface area contributed by atoms with E-state index in [1.807, 2.05) is 0 Å². The highest BCUT2D eigenvalue weighted by molar-refractivity contribution is 5.67. The molecule has 0 heterocycles. The molecule has 16 heavy (non-hydrogen) atoms. The first-order chi connectivity index (χ1) is 7.49. The number of ether oxygens (including phenoxy) is 1. The zero-order valence-corrected chi connectivity index (χ0v) is 8.74. The molecule has 1 rings (SSSR count). The first kappa shape index (κ1) is 12.4. The Kier molecular flexibility index (Phi) is 4.22. The fourth-order valence-corrected chi connectivity index (χ4v) is 1.32. The van der Waals surface area contributed by atoms with Crippen LogP contribution in [0, 0.1) is 6.92 Å². The number of carboxylic acids is 1. The summed E-state index contributed by atoms with van der Waals surface area (Å²) >= 11 is 0. The lowest BCUT2D eigenvalue weighted by atomic mass is 10.1. The molecule has 5 heteroatoms. The first-order valence-corrected chi connectivity index (χ1v) is 4.75. The molecule has 1 N–H and O–H groups in total. The maximum atomic E-state index is 12.1. The monoisotopic (exact) mass is 230 g/mol. The molecule has 0 bridgehead atoms. The van der Waals surface area contributed by atoms with E-state index >= 15 is 0 Å². The lowest BCUT2D eigenvalue weighted by Crippen LogP contribution is -2.06. The van der Waals surface area contributed by atoms with Crippen molar-refractivity contribution in [2.45, 2.75) is 26.4 Å². The van der Waals surface area contributed by atoms with Crippen molar-refractivity contribution < 1.29 is 23.4 Å². The third-order valence-electron chi connectivity index (χ3n) is 2.05. The number of rotatable bonds is 5. The fourth-order valence-electron chi connectivity index (χ4n) is 1.32. The summed E-state index contributed by atoms with van der Waals surface area (Å²) in [4.78, 5) is 10.4. The summed E-state index contributed by atoms with van der Waals surface area (Å²) in [6.07, 6.45) is 0.0698. The lowest BCUT2D eigenvalue weighted by Gasteiger charge is -2.10. The zero-order chi connectivity index (χ0) is 12.1. The summed E-state index contributed by atoms with van der Waals surface area (Å²) in [5, 5.41) is 8.51. The van der Waals surface area contributed by atoms with Crippen molar-refractivity contribution in [3.8, 4) is 5.75 Å². The van der Waals surface area contributed by atoms with Crippen LogP contribution in [0.2, 0.25) is 0 Å². The van der Waals surface area contributed by atoms with E-state index in [0.717, 1.165) is 5.56 Å². The summed E-state index contributed by atoms with van der Waals surface area (Å²) in [6, 6.07) is 4.81. The average Bonchev–Trinajstić information content (AvgIpc) is 2.15. The molecule has 0 radical (unpaired) electrons. The molecule has 0 aliphatic heterocycles. The highest BCUT2D eigenvalue weighted by Crippen LogP contribution is 2.23. The van der Waals surface area contributed by atoms with Gasteiger partial charge in [-0.3, -0.25) is 4.79 Å². The van der Waals surface area contributed by atoms with E-state index in [1.165, 1.54) is 6.07 Å². The maximum absolute atomic E-state index is 12.1. The summed E-state index contributed by atoms with van der Waals surface area (Å²) in [6.45, 7) is -1.15. The number of carboxylic acid groups (broad SMARTS) is 1. The van der Waals surface area contributed by atoms with E-state index in [1.54, 1.807) is 19.1 Å². The van der Waals surface area contributed by atoms with E-state index in [9.17, 15) is 13.6 Å². The Balaban J connectivity index is 2.84. The van der Waals surface area contributed by atoms with Gasteiger partial charge in [-0.1, -0.05) is 12.1 Å². The van der Waals surface area contributed by atoms with Crippen molar-refractivity contribution in [2.24, 2.45) is 0 Å². The van der Waals surface area contributed by atoms with Crippen molar-refractivity contribution in [3.63, 3.8) is 0 Å². The Morgan fingerprint density at radius 1 is 1.50 bits per heavy atom. The number of benzene rings is 1. The number of aryl methyl sites for hydroxylation is 2. The summed E-state index contributed by atoms with van der Waals surface area (Å²) in [5.41, 5.74) is 1.27. The molecule has 0 atom stereocenters. The number of aliphatic carboxylic acids is 1. The molecule has 0 aliphatic rings. The van der Waals surface area contributed by atoms with Crippen LogP contribution in [0.15, 0.2) is 18.2 Å². The Bertz CT molecular complexity index is 377. The maximum Gasteiger partial charge on any atom is 0.387 e. The SMILES string of the molecule is Cc1ccc(CCC(=O)O)c(OC(F)F)c1. The standard InChI is InChI=1S/C11H12F2O3/c1-7-2-3-8(4-5-10(14)15)9(6-7)16-11(12)13/h2-3,6,11H,4-5H2,1H3,(H,14,15). The second-order valence-electron chi connectivity index (χ2n) is 3.38. The molecule has 0 saturated heterocycles. The molecular formula is C11H12F2O3. The van der Waals surface area contributed by atoms with Crippen LogP contribution in [0.25, 0.3) is 0 Å². The third-order valence-corrected chi connectivity index (χ3v) is 2.05. The number of halogens is 2. The normalized spacial score (nSPS) is 10.5. The van der Waals surface area contributed by atoms with E-state index in [-0.39, 0.29) is 18.6 Å². The van der Waals surface area contributed by atoms with Crippen LogP contribution < -0.4 is 4.74 Å². The quantitative estimate of drug-likeness (QED) is 0.845. The van der Waals surface area contributed by atoms with Crippen LogP contribution in [-0.4, -0.2) is 17.7 Å². The van der Waals surface area contributed by atoms with Crippen molar-refractivity contribution >= 4 is 5.97 Å². The number of hydrogen-bond donors (Lipinski definition) is 1. The zero-order valence-electron chi connectivity index (χ0n) is 8.74. The second-order valence-corrected chi connectivity index (χ2v) is 3.38. The average molecular weight is 230 g/mol. The molecule has 0 saturated carbocycles. The summed E-state index contributed by atoms with van der Waals surface area (Å²) < 4.78 is 28.5. The highest BCUT2D eigenvalue weighted by Gasteiger charge is 2.10. The Morgan fingerprint density at radius 3 is 2.75 bits per heavy atom. The Labute approximate surface area is 91.7 Å². The number of carbonyl (C=O) groups is 1. The van der Waals surface area contributed by atoms with Crippen LogP contribution in [0.1, 0.15) is 17.5 Å². The van der Waals surface area contributed by atoms with E-state index < -0.39 is 12.6 Å². The summed E-state index contributed by atoms with van der Waals surface area (Å²) in [5.74, 6) is -0.917. The van der Waals surface area contributed by atoms with Gasteiger partial charge in [-0.05, 0) is 30.5 Å². The molecule has 1 aromatic carbocycles. The smallest absolute Gasteiger partial charge is 0.387 e. The van der Waals surface area contributed by atoms with Gasteiger partial charge in [0.25, 0.3) is 0 Å². The molecule has 0 spiro atoms. The van der Waals surface area contributed by atoms with E-state index in [2.05, 4.69) is 4.74 Å². The minimum Gasteiger partial charge on any atom is -0.481 e. The molecule has 0 fully saturated rings. The topological polar surface area (TPSA) is 46.5 Å².